The molecule has 0 saturated heterocycles. The molecule has 4 heteroatoms. The van der Waals surface area contributed by atoms with Crippen LogP contribution in [-0.2, 0) is 12.0 Å². The van der Waals surface area contributed by atoms with Gasteiger partial charge in [-0.15, -0.1) is 0 Å². The molecule has 0 aliphatic heterocycles. The van der Waals surface area contributed by atoms with Crippen LogP contribution in [0.4, 0.5) is 4.39 Å². The number of halogens is 1. The zero-order valence-corrected chi connectivity index (χ0v) is 12.5. The second kappa shape index (κ2) is 5.39. The highest BCUT2D eigenvalue weighted by atomic mass is 19.1. The lowest BCUT2D eigenvalue weighted by atomic mass is 9.92. The smallest absolute Gasteiger partial charge is 0.143 e. The summed E-state index contributed by atoms with van der Waals surface area (Å²) >= 11 is 0. The molecule has 0 fully saturated rings. The van der Waals surface area contributed by atoms with Crippen molar-refractivity contribution in [3.05, 3.63) is 18.2 Å². The third kappa shape index (κ3) is 3.80. The number of rotatable bonds is 4. The summed E-state index contributed by atoms with van der Waals surface area (Å²) < 4.78 is 15.1. The van der Waals surface area contributed by atoms with Crippen LogP contribution in [0.2, 0.25) is 0 Å². The van der Waals surface area contributed by atoms with Crippen molar-refractivity contribution >= 4 is 0 Å². The predicted molar refractivity (Wildman–Crippen MR) is 73.4 cm³/mol. The zero-order chi connectivity index (χ0) is 14.0. The quantitative estimate of drug-likeness (QED) is 0.770. The highest BCUT2D eigenvalue weighted by Crippen LogP contribution is 2.22. The van der Waals surface area contributed by atoms with Crippen LogP contribution in [0.1, 0.15) is 47.2 Å². The Bertz CT molecular complexity index is 371. The molecule has 0 aromatic carbocycles. The number of imidazole rings is 1. The van der Waals surface area contributed by atoms with E-state index in [0.717, 1.165) is 6.54 Å². The molecule has 0 saturated carbocycles. The summed E-state index contributed by atoms with van der Waals surface area (Å²) in [7, 11) is 0. The van der Waals surface area contributed by atoms with Crippen molar-refractivity contribution in [3.63, 3.8) is 0 Å². The van der Waals surface area contributed by atoms with Gasteiger partial charge in [0.25, 0.3) is 0 Å². The van der Waals surface area contributed by atoms with E-state index in [4.69, 9.17) is 0 Å². The van der Waals surface area contributed by atoms with Gasteiger partial charge < -0.3 is 4.57 Å². The van der Waals surface area contributed by atoms with Crippen molar-refractivity contribution < 1.29 is 4.39 Å². The van der Waals surface area contributed by atoms with Crippen LogP contribution in [0.25, 0.3) is 0 Å². The molecule has 0 radical (unpaired) electrons. The molecular weight excluding hydrogens is 229 g/mol. The van der Waals surface area contributed by atoms with Crippen LogP contribution < -0.4 is 0 Å². The van der Waals surface area contributed by atoms with Crippen LogP contribution in [0, 0.1) is 0 Å². The monoisotopic (exact) mass is 255 g/mol. The highest BCUT2D eigenvalue weighted by molar-refractivity contribution is 5.10. The van der Waals surface area contributed by atoms with Crippen molar-refractivity contribution in [2.24, 2.45) is 0 Å². The molecule has 0 aliphatic carbocycles. The molecule has 0 bridgehead atoms. The number of aromatic nitrogens is 2. The maximum Gasteiger partial charge on any atom is 0.143 e. The first-order valence-corrected chi connectivity index (χ1v) is 6.48. The summed E-state index contributed by atoms with van der Waals surface area (Å²) in [6.45, 7) is 13.6. The summed E-state index contributed by atoms with van der Waals surface area (Å²) in [5, 5.41) is 0. The number of hydrogen-bond donors (Lipinski definition) is 0. The largest absolute Gasteiger partial charge is 0.333 e. The lowest BCUT2D eigenvalue weighted by Gasteiger charge is -2.33. The summed E-state index contributed by atoms with van der Waals surface area (Å²) in [5.41, 5.74) is 1.12. The van der Waals surface area contributed by atoms with Crippen molar-refractivity contribution in [2.45, 2.75) is 59.0 Å². The van der Waals surface area contributed by atoms with E-state index in [2.05, 4.69) is 30.3 Å². The molecule has 1 aromatic rings. The van der Waals surface area contributed by atoms with Crippen molar-refractivity contribution in [2.75, 3.05) is 13.3 Å². The van der Waals surface area contributed by atoms with Crippen LogP contribution in [0.3, 0.4) is 0 Å². The Labute approximate surface area is 110 Å². The topological polar surface area (TPSA) is 21.1 Å². The Morgan fingerprint density at radius 3 is 2.28 bits per heavy atom. The van der Waals surface area contributed by atoms with E-state index in [-0.39, 0.29) is 11.0 Å². The van der Waals surface area contributed by atoms with E-state index in [1.54, 1.807) is 0 Å². The summed E-state index contributed by atoms with van der Waals surface area (Å²) in [5.74, 6) is 0. The van der Waals surface area contributed by atoms with Crippen LogP contribution >= 0.6 is 0 Å². The van der Waals surface area contributed by atoms with E-state index in [1.807, 2.05) is 38.2 Å². The molecule has 0 spiro atoms. The minimum Gasteiger partial charge on any atom is -0.333 e. The average molecular weight is 255 g/mol. The van der Waals surface area contributed by atoms with E-state index in [1.165, 1.54) is 5.69 Å². The summed E-state index contributed by atoms with van der Waals surface area (Å²) in [6.07, 6.45) is 3.73. The maximum atomic E-state index is 13.0. The van der Waals surface area contributed by atoms with Gasteiger partial charge in [-0.1, -0.05) is 20.8 Å². The van der Waals surface area contributed by atoms with Gasteiger partial charge >= 0.3 is 0 Å². The first-order chi connectivity index (χ1) is 8.16. The van der Waals surface area contributed by atoms with Gasteiger partial charge in [0.05, 0.1) is 6.33 Å². The standard InChI is InChI=1S/C14H26FN3/c1-13(2,3)12-9-16-11-17(12)7-8-18(10-15)14(4,5)6/h9,11H,7-8,10H2,1-6H3. The van der Waals surface area contributed by atoms with Crippen LogP contribution in [-0.4, -0.2) is 33.3 Å². The van der Waals surface area contributed by atoms with Crippen molar-refractivity contribution in [1.29, 1.82) is 0 Å². The third-order valence-corrected chi connectivity index (χ3v) is 3.18. The van der Waals surface area contributed by atoms with Gasteiger partial charge in [-0.25, -0.2) is 9.37 Å². The molecule has 0 unspecified atom stereocenters. The molecule has 3 nitrogen and oxygen atoms in total. The zero-order valence-electron chi connectivity index (χ0n) is 12.5. The number of hydrogen-bond acceptors (Lipinski definition) is 2. The molecule has 0 atom stereocenters. The van der Waals surface area contributed by atoms with E-state index < -0.39 is 6.80 Å². The van der Waals surface area contributed by atoms with Crippen LogP contribution in [0.15, 0.2) is 12.5 Å². The molecular formula is C14H26FN3. The second-order valence-corrected chi connectivity index (χ2v) is 6.78. The van der Waals surface area contributed by atoms with Gasteiger partial charge in [0.15, 0.2) is 0 Å². The van der Waals surface area contributed by atoms with Crippen molar-refractivity contribution in [3.8, 4) is 0 Å². The Hall–Kier alpha value is -0.900. The normalized spacial score (nSPS) is 13.3. The fraction of sp³-hybridized carbons (Fsp3) is 0.786. The first kappa shape index (κ1) is 15.2. The van der Waals surface area contributed by atoms with Gasteiger partial charge in [-0.05, 0) is 20.8 Å². The van der Waals surface area contributed by atoms with E-state index >= 15 is 0 Å². The third-order valence-electron chi connectivity index (χ3n) is 3.18. The maximum absolute atomic E-state index is 13.0. The Kier molecular flexibility index (Phi) is 4.54. The molecule has 104 valence electrons. The van der Waals surface area contributed by atoms with E-state index in [9.17, 15) is 4.39 Å². The lowest BCUT2D eigenvalue weighted by Crippen LogP contribution is -2.42. The molecule has 0 aliphatic rings. The molecule has 0 amide bonds. The fourth-order valence-corrected chi connectivity index (χ4v) is 1.93. The van der Waals surface area contributed by atoms with Crippen LogP contribution in [0.5, 0.6) is 0 Å². The predicted octanol–water partition coefficient (Wildman–Crippen LogP) is 3.21. The SMILES string of the molecule is CC(C)(C)c1cncn1CCN(CF)C(C)(C)C. The van der Waals surface area contributed by atoms with Gasteiger partial charge in [0.2, 0.25) is 0 Å². The number of alkyl halides is 1. The molecule has 18 heavy (non-hydrogen) atoms. The molecule has 1 rings (SSSR count). The highest BCUT2D eigenvalue weighted by Gasteiger charge is 2.22. The Morgan fingerprint density at radius 2 is 1.83 bits per heavy atom. The molecule has 0 N–H and O–H groups in total. The van der Waals surface area contributed by atoms with Crippen molar-refractivity contribution in [1.82, 2.24) is 14.5 Å². The fourth-order valence-electron chi connectivity index (χ4n) is 1.93. The van der Waals surface area contributed by atoms with Gasteiger partial charge in [0.1, 0.15) is 6.80 Å². The second-order valence-electron chi connectivity index (χ2n) is 6.78. The molecule has 1 aromatic heterocycles. The Balaban J connectivity index is 2.72. The van der Waals surface area contributed by atoms with Gasteiger partial charge in [-0.3, -0.25) is 4.90 Å². The summed E-state index contributed by atoms with van der Waals surface area (Å²) in [4.78, 5) is 6.04. The minimum atomic E-state index is -0.414. The Morgan fingerprint density at radius 1 is 1.22 bits per heavy atom. The summed E-state index contributed by atoms with van der Waals surface area (Å²) in [6, 6.07) is 0. The minimum absolute atomic E-state index is 0.0682. The first-order valence-electron chi connectivity index (χ1n) is 6.48. The molecule has 1 heterocycles. The van der Waals surface area contributed by atoms with Gasteiger partial charge in [-0.2, -0.15) is 0 Å². The van der Waals surface area contributed by atoms with Gasteiger partial charge in [0, 0.05) is 35.9 Å². The van der Waals surface area contributed by atoms with E-state index in [0.29, 0.717) is 6.54 Å². The number of nitrogens with zero attached hydrogens (tertiary/aromatic N) is 3. The lowest BCUT2D eigenvalue weighted by molar-refractivity contribution is 0.0779. The average Bonchev–Trinajstić information content (AvgIpc) is 2.64.